The van der Waals surface area contributed by atoms with Gasteiger partial charge in [-0.05, 0) is 37.8 Å². The van der Waals surface area contributed by atoms with Crippen LogP contribution >= 0.6 is 0 Å². The maximum Gasteiger partial charge on any atom is 0.434 e. The van der Waals surface area contributed by atoms with E-state index in [-0.39, 0.29) is 18.4 Å². The number of nitrogens with zero attached hydrogens (tertiary/aromatic N) is 7. The van der Waals surface area contributed by atoms with Crippen LogP contribution in [0.25, 0.3) is 11.0 Å². The third kappa shape index (κ3) is 5.51. The Balaban J connectivity index is 1.77. The van der Waals surface area contributed by atoms with Crippen molar-refractivity contribution in [1.82, 2.24) is 24.5 Å². The van der Waals surface area contributed by atoms with Crippen molar-refractivity contribution < 1.29 is 14.4 Å². The minimum Gasteiger partial charge on any atom is -0.354 e. The molecule has 1 aliphatic heterocycles. The number of hydrogen-bond acceptors (Lipinski definition) is 8. The van der Waals surface area contributed by atoms with Gasteiger partial charge in [0.05, 0.1) is 17.5 Å². The Bertz CT molecular complexity index is 1020. The van der Waals surface area contributed by atoms with Crippen molar-refractivity contribution >= 4 is 28.9 Å². The summed E-state index contributed by atoms with van der Waals surface area (Å²) in [5, 5.41) is 9.61. The van der Waals surface area contributed by atoms with Gasteiger partial charge in [0.1, 0.15) is 18.6 Å². The fraction of sp³-hybridized carbons (Fsp3) is 0.591. The van der Waals surface area contributed by atoms with E-state index in [1.807, 2.05) is 24.1 Å². The number of nitrogens with two attached hydrogens (primary N) is 1. The summed E-state index contributed by atoms with van der Waals surface area (Å²) in [6.45, 7) is 4.46. The molecule has 2 atom stereocenters. The maximum atomic E-state index is 12.4. The van der Waals surface area contributed by atoms with E-state index in [4.69, 9.17) is 15.8 Å². The molecule has 0 aromatic carbocycles. The van der Waals surface area contributed by atoms with E-state index < -0.39 is 6.09 Å². The molecular weight excluding hydrogens is 424 g/mol. The number of aromatic nitrogens is 3. The van der Waals surface area contributed by atoms with Gasteiger partial charge in [-0.15, -0.1) is 0 Å². The van der Waals surface area contributed by atoms with Crippen LogP contribution in [0, 0.1) is 17.2 Å². The first kappa shape index (κ1) is 24.3. The molecule has 11 heteroatoms. The molecule has 2 aromatic rings. The monoisotopic (exact) mass is 456 g/mol. The number of carbonyl (C=O) groups is 2. The molecule has 0 bridgehead atoms. The second-order valence-corrected chi connectivity index (χ2v) is 8.47. The number of nitriles is 1. The molecule has 0 spiro atoms. The van der Waals surface area contributed by atoms with Crippen LogP contribution in [-0.4, -0.2) is 82.8 Å². The molecule has 2 aromatic heterocycles. The normalized spacial score (nSPS) is 18.1. The topological polar surface area (TPSA) is 134 Å². The highest BCUT2D eigenvalue weighted by Gasteiger charge is 2.32. The molecule has 2 amide bonds. The van der Waals surface area contributed by atoms with Crippen LogP contribution in [0.1, 0.15) is 32.6 Å². The lowest BCUT2D eigenvalue weighted by atomic mass is 9.92. The number of amides is 2. The Morgan fingerprint density at radius 3 is 2.85 bits per heavy atom. The van der Waals surface area contributed by atoms with E-state index >= 15 is 0 Å². The molecule has 0 unspecified atom stereocenters. The van der Waals surface area contributed by atoms with Crippen LogP contribution in [0.4, 0.5) is 10.6 Å². The molecule has 2 N–H and O–H groups in total. The second-order valence-electron chi connectivity index (χ2n) is 8.47. The summed E-state index contributed by atoms with van der Waals surface area (Å²) in [5.41, 5.74) is 5.99. The van der Waals surface area contributed by atoms with Crippen LogP contribution in [0.15, 0.2) is 18.6 Å². The molecule has 33 heavy (non-hydrogen) atoms. The van der Waals surface area contributed by atoms with E-state index in [9.17, 15) is 9.59 Å². The molecule has 1 saturated heterocycles. The molecule has 178 valence electrons. The van der Waals surface area contributed by atoms with Crippen molar-refractivity contribution in [2.45, 2.75) is 38.6 Å². The van der Waals surface area contributed by atoms with Gasteiger partial charge in [0.2, 0.25) is 5.91 Å². The Labute approximate surface area is 193 Å². The first-order valence-electron chi connectivity index (χ1n) is 11.2. The summed E-state index contributed by atoms with van der Waals surface area (Å²) in [5.74, 6) is 0.870. The van der Waals surface area contributed by atoms with Gasteiger partial charge < -0.3 is 25.3 Å². The highest BCUT2D eigenvalue weighted by Crippen LogP contribution is 2.29. The van der Waals surface area contributed by atoms with Crippen molar-refractivity contribution in [3.8, 4) is 6.07 Å². The minimum absolute atomic E-state index is 0.0269. The van der Waals surface area contributed by atoms with Gasteiger partial charge >= 0.3 is 6.09 Å². The molecule has 0 saturated carbocycles. The van der Waals surface area contributed by atoms with Crippen LogP contribution in [0.3, 0.4) is 0 Å². The Morgan fingerprint density at radius 2 is 2.12 bits per heavy atom. The predicted molar refractivity (Wildman–Crippen MR) is 123 cm³/mol. The first-order valence-corrected chi connectivity index (χ1v) is 11.2. The molecule has 0 aliphatic carbocycles. The fourth-order valence-corrected chi connectivity index (χ4v) is 4.12. The van der Waals surface area contributed by atoms with Crippen LogP contribution in [0.5, 0.6) is 0 Å². The summed E-state index contributed by atoms with van der Waals surface area (Å²) in [4.78, 5) is 44.3. The third-order valence-corrected chi connectivity index (χ3v) is 6.20. The summed E-state index contributed by atoms with van der Waals surface area (Å²) >= 11 is 0. The fourth-order valence-electron chi connectivity index (χ4n) is 4.12. The average molecular weight is 457 g/mol. The van der Waals surface area contributed by atoms with Gasteiger partial charge in [-0.25, -0.2) is 14.8 Å². The van der Waals surface area contributed by atoms with Gasteiger partial charge in [-0.2, -0.15) is 9.99 Å². The zero-order chi connectivity index (χ0) is 24.0. The molecule has 3 rings (SSSR count). The third-order valence-electron chi connectivity index (χ3n) is 6.20. The Hall–Kier alpha value is -3.39. The smallest absolute Gasteiger partial charge is 0.354 e. The van der Waals surface area contributed by atoms with E-state index in [2.05, 4.69) is 16.9 Å². The lowest BCUT2D eigenvalue weighted by molar-refractivity contribution is -0.131. The number of anilines is 1. The standard InChI is InChI=1S/C22H32N8O3/c1-16-7-12-29(19(31)6-10-24)14-18(16)28(3)20-17-8-13-30(21(17)26-15-25-20)33-22(32)27(2)11-5-4-9-23/h8,13,15-16,18H,4-7,9,11-12,14,23H2,1-3H3/t16-,18+/m1/s1. The van der Waals surface area contributed by atoms with E-state index in [0.29, 0.717) is 43.6 Å². The zero-order valence-electron chi connectivity index (χ0n) is 19.5. The molecule has 1 aliphatic rings. The number of likely N-dealkylation sites (tertiary alicyclic amines) is 1. The number of likely N-dealkylation sites (N-methyl/N-ethyl adjacent to an activating group) is 1. The van der Waals surface area contributed by atoms with Gasteiger partial charge in [-0.3, -0.25) is 4.79 Å². The Morgan fingerprint density at radius 1 is 1.33 bits per heavy atom. The number of rotatable bonds is 8. The summed E-state index contributed by atoms with van der Waals surface area (Å²) in [7, 11) is 3.62. The number of unbranched alkanes of at least 4 members (excludes halogenated alkanes) is 1. The number of carbonyl (C=O) groups excluding carboxylic acids is 2. The van der Waals surface area contributed by atoms with Crippen LogP contribution < -0.4 is 15.5 Å². The lowest BCUT2D eigenvalue weighted by Crippen LogP contribution is -2.52. The number of piperidine rings is 1. The second kappa shape index (κ2) is 11.0. The van der Waals surface area contributed by atoms with Gasteiger partial charge in [0.15, 0.2) is 5.65 Å². The SMILES string of the molecule is C[C@@H]1CCN(C(=O)CC#N)C[C@@H]1N(C)c1ncnc2c1ccn2OC(=O)N(C)CCCCN. The molecular formula is C22H32N8O3. The number of hydrogen-bond donors (Lipinski definition) is 1. The summed E-state index contributed by atoms with van der Waals surface area (Å²) in [6, 6.07) is 3.78. The summed E-state index contributed by atoms with van der Waals surface area (Å²) in [6.07, 6.45) is 4.98. The van der Waals surface area contributed by atoms with Crippen molar-refractivity contribution in [2.24, 2.45) is 11.7 Å². The van der Waals surface area contributed by atoms with Crippen molar-refractivity contribution in [1.29, 1.82) is 5.26 Å². The molecule has 11 nitrogen and oxygen atoms in total. The lowest BCUT2D eigenvalue weighted by Gasteiger charge is -2.42. The molecule has 1 fully saturated rings. The average Bonchev–Trinajstić information content (AvgIpc) is 3.22. The highest BCUT2D eigenvalue weighted by atomic mass is 16.7. The quantitative estimate of drug-likeness (QED) is 0.587. The van der Waals surface area contributed by atoms with Crippen LogP contribution in [0.2, 0.25) is 0 Å². The van der Waals surface area contributed by atoms with Gasteiger partial charge in [0, 0.05) is 39.9 Å². The molecule has 3 heterocycles. The van der Waals surface area contributed by atoms with Gasteiger partial charge in [-0.1, -0.05) is 6.92 Å². The van der Waals surface area contributed by atoms with E-state index in [1.54, 1.807) is 18.1 Å². The first-order chi connectivity index (χ1) is 15.9. The van der Waals surface area contributed by atoms with E-state index in [0.717, 1.165) is 24.6 Å². The summed E-state index contributed by atoms with van der Waals surface area (Å²) < 4.78 is 1.35. The largest absolute Gasteiger partial charge is 0.434 e. The molecule has 0 radical (unpaired) electrons. The maximum absolute atomic E-state index is 12.4. The van der Waals surface area contributed by atoms with Crippen molar-refractivity contribution in [2.75, 3.05) is 45.2 Å². The van der Waals surface area contributed by atoms with Crippen molar-refractivity contribution in [3.63, 3.8) is 0 Å². The predicted octanol–water partition coefficient (Wildman–Crippen LogP) is 1.24. The zero-order valence-corrected chi connectivity index (χ0v) is 19.5. The number of fused-ring (bicyclic) bond motifs is 1. The minimum atomic E-state index is -0.481. The highest BCUT2D eigenvalue weighted by molar-refractivity contribution is 5.88. The van der Waals surface area contributed by atoms with Crippen molar-refractivity contribution in [3.05, 3.63) is 18.6 Å². The van der Waals surface area contributed by atoms with Gasteiger partial charge in [0.25, 0.3) is 0 Å². The van der Waals surface area contributed by atoms with Crippen LogP contribution in [-0.2, 0) is 4.79 Å². The van der Waals surface area contributed by atoms with E-state index in [1.165, 1.54) is 16.0 Å². The Kier molecular flexibility index (Phi) is 8.06.